The molecule has 378 valence electrons. The summed E-state index contributed by atoms with van der Waals surface area (Å²) in [5.41, 5.74) is 0. The van der Waals surface area contributed by atoms with Gasteiger partial charge in [-0.1, -0.05) is 224 Å². The molecule has 0 heterocycles. The highest BCUT2D eigenvalue weighted by atomic mass is 31.2. The number of phosphoric acid groups is 1. The maximum absolute atomic E-state index is 12.8. The molecule has 10 heteroatoms. The van der Waals surface area contributed by atoms with Crippen molar-refractivity contribution in [2.45, 2.75) is 264 Å². The monoisotopic (exact) mass is 927 g/mol. The number of unbranched alkanes of at least 4 members (excludes halogenated alkanes) is 32. The third-order valence-corrected chi connectivity index (χ3v) is 13.0. The number of esters is 2. The molecule has 0 radical (unpaired) electrons. The van der Waals surface area contributed by atoms with Crippen LogP contribution in [0.5, 0.6) is 0 Å². The van der Waals surface area contributed by atoms with E-state index in [2.05, 4.69) is 38.2 Å². The summed E-state index contributed by atoms with van der Waals surface area (Å²) in [7, 11) is 1.49. The lowest BCUT2D eigenvalue weighted by Crippen LogP contribution is -2.37. The second-order valence-corrected chi connectivity index (χ2v) is 21.1. The first kappa shape index (κ1) is 62.5. The van der Waals surface area contributed by atoms with Crippen LogP contribution in [0, 0.1) is 0 Å². The zero-order valence-corrected chi connectivity index (χ0v) is 43.7. The van der Waals surface area contributed by atoms with Gasteiger partial charge in [0.25, 0.3) is 0 Å². The van der Waals surface area contributed by atoms with E-state index in [4.69, 9.17) is 18.5 Å². The number of nitrogens with zero attached hydrogens (tertiary/aromatic N) is 1. The van der Waals surface area contributed by atoms with Gasteiger partial charge in [0, 0.05) is 12.8 Å². The summed E-state index contributed by atoms with van der Waals surface area (Å²) in [5, 5.41) is 0. The van der Waals surface area contributed by atoms with Crippen molar-refractivity contribution in [3.05, 3.63) is 24.3 Å². The predicted octanol–water partition coefficient (Wildman–Crippen LogP) is 16.3. The number of quaternary nitrogens is 1. The second kappa shape index (κ2) is 46.6. The molecular formula is C54H105NO8P+. The van der Waals surface area contributed by atoms with E-state index in [1.165, 1.54) is 186 Å². The Kier molecular flexibility index (Phi) is 45.5. The number of likely N-dealkylation sites (N-methyl/N-ethyl adjacent to an activating group) is 1. The molecule has 0 bridgehead atoms. The molecule has 0 aromatic carbocycles. The number of hydrogen-bond donors (Lipinski definition) is 1. The number of phosphoric ester groups is 1. The molecular weight excluding hydrogens is 822 g/mol. The van der Waals surface area contributed by atoms with Gasteiger partial charge in [-0.15, -0.1) is 0 Å². The lowest BCUT2D eigenvalue weighted by Gasteiger charge is -2.24. The van der Waals surface area contributed by atoms with Crippen LogP contribution >= 0.6 is 7.82 Å². The van der Waals surface area contributed by atoms with Gasteiger partial charge >= 0.3 is 19.8 Å². The van der Waals surface area contributed by atoms with E-state index in [1.807, 2.05) is 21.1 Å². The lowest BCUT2D eigenvalue weighted by atomic mass is 10.0. The van der Waals surface area contributed by atoms with E-state index >= 15 is 0 Å². The van der Waals surface area contributed by atoms with Gasteiger partial charge in [-0.05, 0) is 44.9 Å². The Labute approximate surface area is 396 Å². The Morgan fingerprint density at radius 1 is 0.484 bits per heavy atom. The zero-order chi connectivity index (χ0) is 47.1. The fraction of sp³-hybridized carbons (Fsp3) is 0.889. The van der Waals surface area contributed by atoms with Crippen molar-refractivity contribution < 1.29 is 42.1 Å². The number of carbonyl (C=O) groups is 2. The molecule has 64 heavy (non-hydrogen) atoms. The van der Waals surface area contributed by atoms with E-state index < -0.39 is 26.5 Å². The summed E-state index contributed by atoms with van der Waals surface area (Å²) in [6.45, 7) is 4.45. The lowest BCUT2D eigenvalue weighted by molar-refractivity contribution is -0.870. The summed E-state index contributed by atoms with van der Waals surface area (Å²) >= 11 is 0. The molecule has 0 aliphatic heterocycles. The first-order chi connectivity index (χ1) is 31.0. The van der Waals surface area contributed by atoms with Gasteiger partial charge in [-0.25, -0.2) is 4.57 Å². The van der Waals surface area contributed by atoms with Crippen LogP contribution in [0.2, 0.25) is 0 Å². The van der Waals surface area contributed by atoms with Crippen molar-refractivity contribution >= 4 is 19.8 Å². The van der Waals surface area contributed by atoms with Gasteiger partial charge in [0.2, 0.25) is 0 Å². The quantitative estimate of drug-likeness (QED) is 0.0211. The highest BCUT2D eigenvalue weighted by Crippen LogP contribution is 2.43. The minimum absolute atomic E-state index is 0.0346. The van der Waals surface area contributed by atoms with Crippen molar-refractivity contribution in [1.82, 2.24) is 0 Å². The van der Waals surface area contributed by atoms with E-state index in [0.717, 1.165) is 38.5 Å². The van der Waals surface area contributed by atoms with Crippen LogP contribution in [0.1, 0.15) is 258 Å². The van der Waals surface area contributed by atoms with Gasteiger partial charge in [-0.3, -0.25) is 18.6 Å². The average molecular weight is 927 g/mol. The molecule has 1 N–H and O–H groups in total. The highest BCUT2D eigenvalue weighted by Gasteiger charge is 2.27. The summed E-state index contributed by atoms with van der Waals surface area (Å²) in [6, 6.07) is 0. The third-order valence-electron chi connectivity index (χ3n) is 12.0. The summed E-state index contributed by atoms with van der Waals surface area (Å²) < 4.78 is 34.5. The molecule has 0 aromatic rings. The molecule has 0 aliphatic rings. The average Bonchev–Trinajstić information content (AvgIpc) is 3.25. The van der Waals surface area contributed by atoms with Crippen LogP contribution in [0.4, 0.5) is 0 Å². The summed E-state index contributed by atoms with van der Waals surface area (Å²) in [6.07, 6.45) is 53.8. The van der Waals surface area contributed by atoms with Crippen LogP contribution < -0.4 is 0 Å². The van der Waals surface area contributed by atoms with Crippen molar-refractivity contribution in [3.63, 3.8) is 0 Å². The molecule has 0 aliphatic carbocycles. The largest absolute Gasteiger partial charge is 0.472 e. The molecule has 9 nitrogen and oxygen atoms in total. The number of carbonyl (C=O) groups excluding carboxylic acids is 2. The third kappa shape index (κ3) is 49.9. The standard InChI is InChI=1S/C54H104NO8P/c1-6-8-10-12-14-16-18-20-21-22-23-24-25-26-27-28-29-30-31-32-33-35-37-39-41-43-45-47-54(57)63-52(51-62-64(58,59)61-49-48-55(3,4)5)50-60-53(56)46-44-42-40-38-36-34-19-17-15-13-11-9-7-2/h18,20,22-23,52H,6-17,19,21,24-51H2,1-5H3/p+1/b20-18-,23-22-. The van der Waals surface area contributed by atoms with Crippen LogP contribution in [0.15, 0.2) is 24.3 Å². The maximum atomic E-state index is 12.8. The van der Waals surface area contributed by atoms with Crippen LogP contribution in [0.3, 0.4) is 0 Å². The fourth-order valence-electron chi connectivity index (χ4n) is 7.75. The Morgan fingerprint density at radius 3 is 1.23 bits per heavy atom. The molecule has 0 rings (SSSR count). The SMILES string of the molecule is CCCCCCC/C=C\C/C=C\CCCCCCCCCCCCCCCCCC(=O)OC(COC(=O)CCCCCCCCCCCCCCC)COP(=O)(O)OCC[N+](C)(C)C. The Morgan fingerprint density at radius 2 is 0.844 bits per heavy atom. The number of ether oxygens (including phenoxy) is 2. The van der Waals surface area contributed by atoms with Crippen LogP contribution in [-0.4, -0.2) is 74.9 Å². The molecule has 0 aromatic heterocycles. The first-order valence-corrected chi connectivity index (χ1v) is 28.6. The van der Waals surface area contributed by atoms with Gasteiger partial charge in [0.05, 0.1) is 27.7 Å². The first-order valence-electron chi connectivity index (χ1n) is 27.1. The fourth-order valence-corrected chi connectivity index (χ4v) is 8.49. The molecule has 2 unspecified atom stereocenters. The van der Waals surface area contributed by atoms with Gasteiger partial charge in [0.1, 0.15) is 19.8 Å². The van der Waals surface area contributed by atoms with Crippen molar-refractivity contribution in [2.24, 2.45) is 0 Å². The Hall–Kier alpha value is -1.51. The van der Waals surface area contributed by atoms with Gasteiger partial charge < -0.3 is 18.9 Å². The number of rotatable bonds is 50. The smallest absolute Gasteiger partial charge is 0.462 e. The van der Waals surface area contributed by atoms with Gasteiger partial charge in [-0.2, -0.15) is 0 Å². The summed E-state index contributed by atoms with van der Waals surface area (Å²) in [5.74, 6) is -0.785. The van der Waals surface area contributed by atoms with Crippen LogP contribution in [-0.2, 0) is 32.7 Å². The normalized spacial score (nSPS) is 13.5. The molecule has 2 atom stereocenters. The van der Waals surface area contributed by atoms with E-state index in [-0.39, 0.29) is 25.6 Å². The zero-order valence-electron chi connectivity index (χ0n) is 42.8. The minimum Gasteiger partial charge on any atom is -0.462 e. The number of allylic oxidation sites excluding steroid dienone is 4. The molecule has 0 saturated heterocycles. The maximum Gasteiger partial charge on any atom is 0.472 e. The molecule has 0 fully saturated rings. The van der Waals surface area contributed by atoms with E-state index in [0.29, 0.717) is 23.9 Å². The number of hydrogen-bond acceptors (Lipinski definition) is 7. The summed E-state index contributed by atoms with van der Waals surface area (Å²) in [4.78, 5) is 35.5. The van der Waals surface area contributed by atoms with Crippen molar-refractivity contribution in [2.75, 3.05) is 47.5 Å². The van der Waals surface area contributed by atoms with E-state index in [1.54, 1.807) is 0 Å². The van der Waals surface area contributed by atoms with Crippen molar-refractivity contribution in [3.8, 4) is 0 Å². The Balaban J connectivity index is 4.10. The minimum atomic E-state index is -4.38. The van der Waals surface area contributed by atoms with E-state index in [9.17, 15) is 19.0 Å². The molecule has 0 saturated carbocycles. The van der Waals surface area contributed by atoms with Gasteiger partial charge in [0.15, 0.2) is 6.10 Å². The predicted molar refractivity (Wildman–Crippen MR) is 271 cm³/mol. The second-order valence-electron chi connectivity index (χ2n) is 19.6. The molecule has 0 spiro atoms. The highest BCUT2D eigenvalue weighted by molar-refractivity contribution is 7.47. The van der Waals surface area contributed by atoms with Crippen molar-refractivity contribution in [1.29, 1.82) is 0 Å². The van der Waals surface area contributed by atoms with Crippen LogP contribution in [0.25, 0.3) is 0 Å². The Bertz CT molecular complexity index is 1140. The molecule has 0 amide bonds. The topological polar surface area (TPSA) is 108 Å².